The number of nitrogens with one attached hydrogen (secondary N) is 2. The van der Waals surface area contributed by atoms with Gasteiger partial charge in [0, 0.05) is 35.0 Å². The van der Waals surface area contributed by atoms with Crippen LogP contribution in [0.1, 0.15) is 35.0 Å². The first-order chi connectivity index (χ1) is 15.9. The predicted octanol–water partition coefficient (Wildman–Crippen LogP) is 4.11. The number of thiophene rings is 1. The van der Waals surface area contributed by atoms with Gasteiger partial charge in [-0.1, -0.05) is 25.5 Å². The van der Waals surface area contributed by atoms with Crippen molar-refractivity contribution in [2.24, 2.45) is 0 Å². The summed E-state index contributed by atoms with van der Waals surface area (Å²) in [6.45, 7) is 3.59. The molecule has 1 amide bonds. The first-order valence-electron chi connectivity index (χ1n) is 10.2. The highest BCUT2D eigenvalue weighted by Gasteiger charge is 2.19. The molecule has 11 heteroatoms. The van der Waals surface area contributed by atoms with Gasteiger partial charge in [-0.05, 0) is 30.9 Å². The fourth-order valence-electron chi connectivity index (χ4n) is 3.29. The van der Waals surface area contributed by atoms with E-state index in [4.69, 9.17) is 0 Å². The zero-order chi connectivity index (χ0) is 23.5. The summed E-state index contributed by atoms with van der Waals surface area (Å²) in [7, 11) is 0. The highest BCUT2D eigenvalue weighted by Crippen LogP contribution is 2.28. The van der Waals surface area contributed by atoms with Crippen molar-refractivity contribution in [2.75, 3.05) is 5.32 Å². The van der Waals surface area contributed by atoms with Crippen molar-refractivity contribution in [3.63, 3.8) is 0 Å². The van der Waals surface area contributed by atoms with Crippen molar-refractivity contribution in [2.45, 2.75) is 26.7 Å². The summed E-state index contributed by atoms with van der Waals surface area (Å²) < 4.78 is 1.36. The van der Waals surface area contributed by atoms with E-state index in [9.17, 15) is 19.7 Å². The van der Waals surface area contributed by atoms with Crippen LogP contribution < -0.4 is 10.9 Å². The number of carbonyl (C=O) groups is 1. The minimum Gasteiger partial charge on any atom is -0.306 e. The van der Waals surface area contributed by atoms with Crippen LogP contribution in [0.15, 0.2) is 52.6 Å². The lowest BCUT2D eigenvalue weighted by atomic mass is 10.1. The first-order valence-corrected chi connectivity index (χ1v) is 11.0. The summed E-state index contributed by atoms with van der Waals surface area (Å²) in [6.07, 6.45) is 1.43. The molecule has 10 nitrogen and oxygen atoms in total. The summed E-state index contributed by atoms with van der Waals surface area (Å²) in [5.41, 5.74) is 1.29. The molecule has 168 valence electrons. The van der Waals surface area contributed by atoms with E-state index >= 15 is 0 Å². The van der Waals surface area contributed by atoms with E-state index < -0.39 is 10.8 Å². The van der Waals surface area contributed by atoms with Gasteiger partial charge in [-0.25, -0.2) is 4.98 Å². The van der Waals surface area contributed by atoms with Crippen molar-refractivity contribution in [3.8, 4) is 16.5 Å². The van der Waals surface area contributed by atoms with E-state index in [1.54, 1.807) is 13.0 Å². The molecule has 2 N–H and O–H groups in total. The van der Waals surface area contributed by atoms with E-state index in [1.807, 2.05) is 24.4 Å². The lowest BCUT2D eigenvalue weighted by Gasteiger charge is -2.09. The van der Waals surface area contributed by atoms with Gasteiger partial charge in [-0.15, -0.1) is 11.3 Å². The molecule has 1 aromatic carbocycles. The number of hydrogen-bond acceptors (Lipinski definition) is 7. The average molecular weight is 465 g/mol. The number of nitro benzene ring substituents is 1. The van der Waals surface area contributed by atoms with Gasteiger partial charge in [0.05, 0.1) is 9.80 Å². The van der Waals surface area contributed by atoms with Crippen molar-refractivity contribution in [1.82, 2.24) is 19.7 Å². The number of carbonyl (C=O) groups excluding carboxylic acids is 1. The number of anilines is 1. The van der Waals surface area contributed by atoms with Crippen LogP contribution in [0.3, 0.4) is 0 Å². The second-order valence-electron chi connectivity index (χ2n) is 7.33. The Balaban J connectivity index is 1.77. The van der Waals surface area contributed by atoms with Gasteiger partial charge >= 0.3 is 0 Å². The number of benzene rings is 1. The smallest absolute Gasteiger partial charge is 0.273 e. The maximum atomic E-state index is 13.0. The molecule has 4 rings (SSSR count). The van der Waals surface area contributed by atoms with E-state index in [0.717, 1.165) is 11.3 Å². The van der Waals surface area contributed by atoms with Crippen molar-refractivity contribution >= 4 is 28.7 Å². The number of amides is 1. The topological polar surface area (TPSA) is 136 Å². The van der Waals surface area contributed by atoms with Crippen LogP contribution in [-0.4, -0.2) is 30.6 Å². The highest BCUT2D eigenvalue weighted by atomic mass is 32.1. The van der Waals surface area contributed by atoms with Crippen molar-refractivity contribution in [3.05, 3.63) is 85.1 Å². The number of rotatable bonds is 7. The number of aryl methyl sites for hydroxylation is 2. The number of H-pyrrole nitrogens is 1. The minimum absolute atomic E-state index is 0.124. The molecule has 0 fully saturated rings. The third kappa shape index (κ3) is 4.72. The molecule has 0 aliphatic rings. The van der Waals surface area contributed by atoms with Gasteiger partial charge in [0.25, 0.3) is 17.2 Å². The Morgan fingerprint density at radius 3 is 2.79 bits per heavy atom. The van der Waals surface area contributed by atoms with Crippen LogP contribution >= 0.6 is 11.3 Å². The fourth-order valence-corrected chi connectivity index (χ4v) is 3.97. The van der Waals surface area contributed by atoms with E-state index in [-0.39, 0.29) is 28.6 Å². The van der Waals surface area contributed by atoms with Crippen molar-refractivity contribution < 1.29 is 9.72 Å². The Kier molecular flexibility index (Phi) is 6.13. The van der Waals surface area contributed by atoms with Crippen LogP contribution in [0.25, 0.3) is 16.5 Å². The lowest BCUT2D eigenvalue weighted by Crippen LogP contribution is -2.19. The number of nitro groups is 1. The Morgan fingerprint density at radius 2 is 2.09 bits per heavy atom. The summed E-state index contributed by atoms with van der Waals surface area (Å²) in [4.78, 5) is 43.9. The van der Waals surface area contributed by atoms with Crippen LogP contribution in [0.5, 0.6) is 0 Å². The van der Waals surface area contributed by atoms with E-state index in [0.29, 0.717) is 23.4 Å². The molecule has 0 radical (unpaired) electrons. The van der Waals surface area contributed by atoms with Gasteiger partial charge in [0.1, 0.15) is 11.5 Å². The summed E-state index contributed by atoms with van der Waals surface area (Å²) >= 11 is 1.47. The van der Waals surface area contributed by atoms with Gasteiger partial charge in [0.15, 0.2) is 0 Å². The van der Waals surface area contributed by atoms with Crippen LogP contribution in [0, 0.1) is 17.0 Å². The third-order valence-corrected chi connectivity index (χ3v) is 5.77. The minimum atomic E-state index is -0.552. The quantitative estimate of drug-likeness (QED) is 0.312. The molecule has 0 saturated heterocycles. The number of hydrogen-bond donors (Lipinski definition) is 2. The van der Waals surface area contributed by atoms with Gasteiger partial charge in [-0.3, -0.25) is 24.7 Å². The Hall–Kier alpha value is -4.12. The zero-order valence-electron chi connectivity index (χ0n) is 17.9. The molecule has 0 aliphatic heterocycles. The molecular formula is C22H20N6O4S. The molecule has 0 unspecified atom stereocenters. The van der Waals surface area contributed by atoms with Gasteiger partial charge in [-0.2, -0.15) is 9.78 Å². The largest absolute Gasteiger partial charge is 0.306 e. The summed E-state index contributed by atoms with van der Waals surface area (Å²) in [6, 6.07) is 11.1. The van der Waals surface area contributed by atoms with Gasteiger partial charge in [0.2, 0.25) is 5.95 Å². The monoisotopic (exact) mass is 464 g/mol. The maximum absolute atomic E-state index is 13.0. The summed E-state index contributed by atoms with van der Waals surface area (Å²) in [5.74, 6) is -0.119. The van der Waals surface area contributed by atoms with E-state index in [1.165, 1.54) is 40.3 Å². The third-order valence-electron chi connectivity index (χ3n) is 4.88. The molecule has 0 saturated carbocycles. The van der Waals surface area contributed by atoms with Crippen LogP contribution in [0.2, 0.25) is 0 Å². The SMILES string of the molecule is CCCc1cc(=O)[nH]c(-n2nc(-c3cccs3)cc2NC(=O)c2ccc(C)c([N+](=O)[O-])c2)n1. The normalized spacial score (nSPS) is 10.8. The molecule has 0 atom stereocenters. The van der Waals surface area contributed by atoms with Gasteiger partial charge < -0.3 is 5.32 Å². The summed E-state index contributed by atoms with van der Waals surface area (Å²) in [5, 5.41) is 20.5. The first kappa shape index (κ1) is 22.1. The number of aromatic amines is 1. The van der Waals surface area contributed by atoms with Crippen LogP contribution in [-0.2, 0) is 6.42 Å². The molecule has 33 heavy (non-hydrogen) atoms. The molecule has 0 aliphatic carbocycles. The molecule has 0 bridgehead atoms. The zero-order valence-corrected chi connectivity index (χ0v) is 18.7. The fraction of sp³-hybridized carbons (Fsp3) is 0.182. The molecule has 0 spiro atoms. The second-order valence-corrected chi connectivity index (χ2v) is 8.27. The Bertz CT molecular complexity index is 1390. The van der Waals surface area contributed by atoms with Crippen LogP contribution in [0.4, 0.5) is 11.5 Å². The number of nitrogens with zero attached hydrogens (tertiary/aromatic N) is 4. The predicted molar refractivity (Wildman–Crippen MR) is 125 cm³/mol. The Labute approximate surface area is 192 Å². The standard InChI is InChI=1S/C22H20N6O4S/c1-3-5-15-11-20(29)25-22(23-15)27-19(12-16(26-27)18-6-4-9-33-18)24-21(30)14-8-7-13(2)17(10-14)28(31)32/h4,6-12H,3,5H2,1-2H3,(H,24,30)(H,23,25,29). The molecular weight excluding hydrogens is 444 g/mol. The molecule has 4 aromatic rings. The average Bonchev–Trinajstić information content (AvgIpc) is 3.43. The van der Waals surface area contributed by atoms with Crippen molar-refractivity contribution in [1.29, 1.82) is 0 Å². The maximum Gasteiger partial charge on any atom is 0.273 e. The van der Waals surface area contributed by atoms with E-state index in [2.05, 4.69) is 20.4 Å². The highest BCUT2D eigenvalue weighted by molar-refractivity contribution is 7.13. The number of aromatic nitrogens is 4. The molecule has 3 heterocycles. The second kappa shape index (κ2) is 9.17. The molecule has 3 aromatic heterocycles. The lowest BCUT2D eigenvalue weighted by molar-refractivity contribution is -0.385. The Morgan fingerprint density at radius 1 is 1.27 bits per heavy atom.